The minimum absolute atomic E-state index is 0.0147. The van der Waals surface area contributed by atoms with Gasteiger partial charge in [0.15, 0.2) is 0 Å². The number of benzene rings is 1. The van der Waals surface area contributed by atoms with Crippen LogP contribution in [0.25, 0.3) is 0 Å². The van der Waals surface area contributed by atoms with E-state index >= 15 is 0 Å². The third-order valence-electron chi connectivity index (χ3n) is 5.13. The summed E-state index contributed by atoms with van der Waals surface area (Å²) in [5.74, 6) is 0. The van der Waals surface area contributed by atoms with E-state index < -0.39 is 20.0 Å². The lowest BCUT2D eigenvalue weighted by Crippen LogP contribution is -2.44. The predicted molar refractivity (Wildman–Crippen MR) is 108 cm³/mol. The predicted octanol–water partition coefficient (Wildman–Crippen LogP) is 0.433. The summed E-state index contributed by atoms with van der Waals surface area (Å²) in [5, 5.41) is 0. The minimum atomic E-state index is -3.63. The average molecular weight is 431 g/mol. The van der Waals surface area contributed by atoms with E-state index in [1.807, 2.05) is 0 Å². The zero-order valence-electron chi connectivity index (χ0n) is 16.3. The van der Waals surface area contributed by atoms with Gasteiger partial charge in [0.05, 0.1) is 9.79 Å². The molecule has 0 amide bonds. The first-order valence-corrected chi connectivity index (χ1v) is 12.8. The standard InChI is InChI=1S/C18H30N4O4S2/c1-21-12-14-22(15-13-21)11-3-2-10-19-27(23,24)17-6-8-18(9-7-17)28(25,26)20-16-4-5-16/h6-9,16,19-20H,2-5,10-15H2,1H3. The number of hydrogen-bond acceptors (Lipinski definition) is 6. The lowest BCUT2D eigenvalue weighted by molar-refractivity contribution is 0.152. The van der Waals surface area contributed by atoms with Crippen molar-refractivity contribution in [1.82, 2.24) is 19.2 Å². The number of nitrogens with zero attached hydrogens (tertiary/aromatic N) is 2. The summed E-state index contributed by atoms with van der Waals surface area (Å²) >= 11 is 0. The normalized spacial score (nSPS) is 19.8. The first kappa shape index (κ1) is 21.7. The van der Waals surface area contributed by atoms with Crippen LogP contribution in [0.2, 0.25) is 0 Å². The van der Waals surface area contributed by atoms with Crippen molar-refractivity contribution in [3.05, 3.63) is 24.3 Å². The Bertz CT molecular complexity index is 844. The van der Waals surface area contributed by atoms with Crippen LogP contribution in [0.4, 0.5) is 0 Å². The van der Waals surface area contributed by atoms with Crippen molar-refractivity contribution in [3.63, 3.8) is 0 Å². The first-order valence-electron chi connectivity index (χ1n) is 9.79. The number of sulfonamides is 2. The summed E-state index contributed by atoms with van der Waals surface area (Å²) in [6, 6.07) is 5.38. The van der Waals surface area contributed by atoms with Crippen LogP contribution in [0.1, 0.15) is 25.7 Å². The molecule has 0 unspecified atom stereocenters. The van der Waals surface area contributed by atoms with Crippen molar-refractivity contribution in [2.24, 2.45) is 0 Å². The molecule has 1 aromatic carbocycles. The van der Waals surface area contributed by atoms with Crippen LogP contribution < -0.4 is 9.44 Å². The largest absolute Gasteiger partial charge is 0.304 e. The third-order valence-corrected chi connectivity index (χ3v) is 8.15. The highest BCUT2D eigenvalue weighted by atomic mass is 32.2. The van der Waals surface area contributed by atoms with Crippen molar-refractivity contribution < 1.29 is 16.8 Å². The molecule has 2 N–H and O–H groups in total. The molecule has 10 heteroatoms. The number of likely N-dealkylation sites (N-methyl/N-ethyl adjacent to an activating group) is 1. The van der Waals surface area contributed by atoms with Crippen LogP contribution in [-0.2, 0) is 20.0 Å². The van der Waals surface area contributed by atoms with Crippen LogP contribution in [0.3, 0.4) is 0 Å². The van der Waals surface area contributed by atoms with Crippen LogP contribution >= 0.6 is 0 Å². The van der Waals surface area contributed by atoms with Crippen molar-refractivity contribution in [2.45, 2.75) is 41.5 Å². The summed E-state index contributed by atoms with van der Waals surface area (Å²) in [6.07, 6.45) is 3.41. The fourth-order valence-electron chi connectivity index (χ4n) is 3.11. The molecule has 1 aliphatic carbocycles. The Morgan fingerprint density at radius 2 is 1.46 bits per heavy atom. The zero-order valence-corrected chi connectivity index (χ0v) is 17.9. The maximum absolute atomic E-state index is 12.4. The van der Waals surface area contributed by atoms with Gasteiger partial charge in [-0.25, -0.2) is 26.3 Å². The minimum Gasteiger partial charge on any atom is -0.304 e. The van der Waals surface area contributed by atoms with Crippen molar-refractivity contribution in [2.75, 3.05) is 46.3 Å². The fourth-order valence-corrected chi connectivity index (χ4v) is 5.49. The van der Waals surface area contributed by atoms with E-state index in [2.05, 4.69) is 26.3 Å². The molecule has 28 heavy (non-hydrogen) atoms. The Kier molecular flexibility index (Phi) is 7.11. The van der Waals surface area contributed by atoms with Gasteiger partial charge in [-0.3, -0.25) is 0 Å². The second-order valence-electron chi connectivity index (χ2n) is 7.62. The quantitative estimate of drug-likeness (QED) is 0.523. The highest BCUT2D eigenvalue weighted by Gasteiger charge is 2.28. The number of rotatable bonds is 10. The molecule has 2 fully saturated rings. The highest BCUT2D eigenvalue weighted by molar-refractivity contribution is 7.90. The van der Waals surface area contributed by atoms with Crippen molar-refractivity contribution >= 4 is 20.0 Å². The van der Waals surface area contributed by atoms with E-state index in [0.717, 1.165) is 58.4 Å². The first-order chi connectivity index (χ1) is 13.3. The molecule has 0 bridgehead atoms. The molecule has 1 aromatic rings. The summed E-state index contributed by atoms with van der Waals surface area (Å²) in [6.45, 7) is 5.64. The number of unbranched alkanes of at least 4 members (excludes halogenated alkanes) is 1. The molecule has 158 valence electrons. The number of hydrogen-bond donors (Lipinski definition) is 2. The van der Waals surface area contributed by atoms with E-state index in [-0.39, 0.29) is 15.8 Å². The summed E-state index contributed by atoms with van der Waals surface area (Å²) in [4.78, 5) is 4.88. The van der Waals surface area contributed by atoms with Gasteiger partial charge in [0, 0.05) is 38.8 Å². The van der Waals surface area contributed by atoms with E-state index in [0.29, 0.717) is 6.54 Å². The van der Waals surface area contributed by atoms with Crippen LogP contribution in [0.5, 0.6) is 0 Å². The molecule has 1 heterocycles. The molecular weight excluding hydrogens is 400 g/mol. The van der Waals surface area contributed by atoms with Gasteiger partial charge in [0.25, 0.3) is 0 Å². The van der Waals surface area contributed by atoms with Crippen molar-refractivity contribution in [1.29, 1.82) is 0 Å². The van der Waals surface area contributed by atoms with Gasteiger partial charge in [-0.15, -0.1) is 0 Å². The summed E-state index contributed by atoms with van der Waals surface area (Å²) < 4.78 is 54.3. The molecular formula is C18H30N4O4S2. The Balaban J connectivity index is 1.43. The molecule has 8 nitrogen and oxygen atoms in total. The van der Waals surface area contributed by atoms with Gasteiger partial charge in [-0.1, -0.05) is 0 Å². The zero-order chi connectivity index (χ0) is 20.2. The fraction of sp³-hybridized carbons (Fsp3) is 0.667. The Hall–Kier alpha value is -1.04. The molecule has 1 saturated heterocycles. The van der Waals surface area contributed by atoms with Gasteiger partial charge in [-0.05, 0) is 63.5 Å². The van der Waals surface area contributed by atoms with Gasteiger partial charge in [0.1, 0.15) is 0 Å². The maximum atomic E-state index is 12.4. The summed E-state index contributed by atoms with van der Waals surface area (Å²) in [7, 11) is -5.08. The van der Waals surface area contributed by atoms with Gasteiger partial charge >= 0.3 is 0 Å². The molecule has 0 spiro atoms. The number of piperazine rings is 1. The number of nitrogens with one attached hydrogen (secondary N) is 2. The SMILES string of the molecule is CN1CCN(CCCCNS(=O)(=O)c2ccc(S(=O)(=O)NC3CC3)cc2)CC1. The Morgan fingerprint density at radius 1 is 0.893 bits per heavy atom. The Morgan fingerprint density at radius 3 is 2.04 bits per heavy atom. The van der Waals surface area contributed by atoms with E-state index in [1.165, 1.54) is 24.3 Å². The summed E-state index contributed by atoms with van der Waals surface area (Å²) in [5.41, 5.74) is 0. The molecule has 1 saturated carbocycles. The van der Waals surface area contributed by atoms with Crippen LogP contribution in [0.15, 0.2) is 34.1 Å². The third kappa shape index (κ3) is 6.23. The maximum Gasteiger partial charge on any atom is 0.240 e. The second-order valence-corrected chi connectivity index (χ2v) is 11.1. The van der Waals surface area contributed by atoms with Gasteiger partial charge < -0.3 is 9.80 Å². The monoisotopic (exact) mass is 430 g/mol. The molecule has 0 radical (unpaired) electrons. The topological polar surface area (TPSA) is 98.8 Å². The smallest absolute Gasteiger partial charge is 0.240 e. The van der Waals surface area contributed by atoms with Gasteiger partial charge in [0.2, 0.25) is 20.0 Å². The Labute approximate surface area is 168 Å². The van der Waals surface area contributed by atoms with E-state index in [9.17, 15) is 16.8 Å². The average Bonchev–Trinajstić information content (AvgIpc) is 3.46. The molecule has 0 aromatic heterocycles. The second kappa shape index (κ2) is 9.19. The van der Waals surface area contributed by atoms with E-state index in [1.54, 1.807) is 0 Å². The lowest BCUT2D eigenvalue weighted by Gasteiger charge is -2.32. The lowest BCUT2D eigenvalue weighted by atomic mass is 10.2. The molecule has 0 atom stereocenters. The van der Waals surface area contributed by atoms with Crippen LogP contribution in [0, 0.1) is 0 Å². The molecule has 2 aliphatic rings. The highest BCUT2D eigenvalue weighted by Crippen LogP contribution is 2.22. The van der Waals surface area contributed by atoms with Crippen LogP contribution in [-0.4, -0.2) is 79.0 Å². The molecule has 3 rings (SSSR count). The van der Waals surface area contributed by atoms with E-state index in [4.69, 9.17) is 0 Å². The molecule has 1 aliphatic heterocycles. The van der Waals surface area contributed by atoms with Gasteiger partial charge in [-0.2, -0.15) is 0 Å². The van der Waals surface area contributed by atoms with Crippen molar-refractivity contribution in [3.8, 4) is 0 Å².